The minimum Gasteiger partial charge on any atom is -0.450 e. The van der Waals surface area contributed by atoms with Gasteiger partial charge >= 0.3 is 6.16 Å². The molecule has 0 aliphatic rings. The zero-order chi connectivity index (χ0) is 5.58. The minimum atomic E-state index is -1.83. The van der Waals surface area contributed by atoms with Crippen molar-refractivity contribution in [2.45, 2.75) is 0 Å². The van der Waals surface area contributed by atoms with Gasteiger partial charge in [0.15, 0.2) is 0 Å². The van der Waals surface area contributed by atoms with Crippen LogP contribution in [0.15, 0.2) is 0 Å². The maximum Gasteiger partial charge on any atom is 0.503 e. The molecule has 0 radical (unpaired) electrons. The van der Waals surface area contributed by atoms with Gasteiger partial charge in [-0.3, -0.25) is 0 Å². The lowest BCUT2D eigenvalue weighted by Gasteiger charge is -1.60. The molecule has 0 bridgehead atoms. The standard InChI is InChI=1S/CH3I.CH2O3/c1-2;2-1(3)4/h1H3;(H2,2,3,4). The SMILES string of the molecule is CI.O=C(O)O. The van der Waals surface area contributed by atoms with E-state index in [-0.39, 0.29) is 0 Å². The largest absolute Gasteiger partial charge is 0.503 e. The number of rotatable bonds is 0. The van der Waals surface area contributed by atoms with Crippen LogP contribution in [0.5, 0.6) is 0 Å². The van der Waals surface area contributed by atoms with E-state index in [0.29, 0.717) is 0 Å². The van der Waals surface area contributed by atoms with Gasteiger partial charge in [-0.1, -0.05) is 22.6 Å². The smallest absolute Gasteiger partial charge is 0.450 e. The Labute approximate surface area is 49.1 Å². The molecule has 2 N–H and O–H groups in total. The predicted octanol–water partition coefficient (Wildman–Crippen LogP) is 1.27. The van der Waals surface area contributed by atoms with Crippen LogP contribution in [0.4, 0.5) is 4.79 Å². The zero-order valence-electron chi connectivity index (χ0n) is 3.18. The predicted molar refractivity (Wildman–Crippen MR) is 30.6 cm³/mol. The van der Waals surface area contributed by atoms with Crippen LogP contribution >= 0.6 is 22.6 Å². The van der Waals surface area contributed by atoms with Crippen LogP contribution < -0.4 is 0 Å². The van der Waals surface area contributed by atoms with Gasteiger partial charge in [0.1, 0.15) is 0 Å². The Morgan fingerprint density at radius 2 is 1.50 bits per heavy atom. The first-order valence-electron chi connectivity index (χ1n) is 1.03. The fourth-order valence-electron chi connectivity index (χ4n) is 0. The molecule has 0 aromatic heterocycles. The second kappa shape index (κ2) is 8.89. The molecule has 0 spiro atoms. The molecular weight excluding hydrogens is 199 g/mol. The molecule has 0 saturated carbocycles. The number of halogens is 1. The molecule has 0 aromatic rings. The lowest BCUT2D eigenvalue weighted by Crippen LogP contribution is -1.81. The summed E-state index contributed by atoms with van der Waals surface area (Å²) in [6.45, 7) is 0. The molecule has 3 nitrogen and oxygen atoms in total. The molecule has 0 atom stereocenters. The maximum atomic E-state index is 8.56. The number of hydrogen-bond acceptors (Lipinski definition) is 1. The highest BCUT2D eigenvalue weighted by Gasteiger charge is 1.70. The van der Waals surface area contributed by atoms with Crippen LogP contribution in [-0.4, -0.2) is 21.3 Å². The molecular formula is C2H5IO3. The third-order valence-electron chi connectivity index (χ3n) is 0. The van der Waals surface area contributed by atoms with Gasteiger partial charge in [-0.2, -0.15) is 0 Å². The van der Waals surface area contributed by atoms with Crippen LogP contribution in [0, 0.1) is 0 Å². The second-order valence-electron chi connectivity index (χ2n) is 0.283. The van der Waals surface area contributed by atoms with Gasteiger partial charge in [-0.15, -0.1) is 0 Å². The topological polar surface area (TPSA) is 57.5 Å². The van der Waals surface area contributed by atoms with Crippen molar-refractivity contribution in [3.63, 3.8) is 0 Å². The summed E-state index contributed by atoms with van der Waals surface area (Å²) in [5, 5.41) is 13.9. The summed E-state index contributed by atoms with van der Waals surface area (Å²) in [5.74, 6) is 0. The van der Waals surface area contributed by atoms with E-state index in [1.165, 1.54) is 0 Å². The highest BCUT2D eigenvalue weighted by Crippen LogP contribution is 1.48. The van der Waals surface area contributed by atoms with E-state index in [1.54, 1.807) is 0 Å². The van der Waals surface area contributed by atoms with E-state index in [9.17, 15) is 0 Å². The minimum absolute atomic E-state index is 1.83. The first kappa shape index (κ1) is 9.38. The van der Waals surface area contributed by atoms with Crippen molar-refractivity contribution in [3.05, 3.63) is 0 Å². The van der Waals surface area contributed by atoms with Crippen LogP contribution in [-0.2, 0) is 0 Å². The van der Waals surface area contributed by atoms with Crippen LogP contribution in [0.25, 0.3) is 0 Å². The number of carbonyl (C=O) groups is 1. The summed E-state index contributed by atoms with van der Waals surface area (Å²) in [6.07, 6.45) is -1.83. The number of alkyl halides is 1. The van der Waals surface area contributed by atoms with Crippen LogP contribution in [0.3, 0.4) is 0 Å². The first-order chi connectivity index (χ1) is 2.73. The zero-order valence-corrected chi connectivity index (χ0v) is 5.34. The Balaban J connectivity index is 0. The Morgan fingerprint density at radius 1 is 1.50 bits per heavy atom. The van der Waals surface area contributed by atoms with Crippen molar-refractivity contribution < 1.29 is 15.0 Å². The number of carboxylic acid groups (broad SMARTS) is 2. The normalized spacial score (nSPS) is 5.00. The second-order valence-corrected chi connectivity index (χ2v) is 0.283. The third-order valence-corrected chi connectivity index (χ3v) is 0. The van der Waals surface area contributed by atoms with Gasteiger partial charge in [-0.05, 0) is 4.93 Å². The molecule has 0 amide bonds. The van der Waals surface area contributed by atoms with Crippen LogP contribution in [0.2, 0.25) is 0 Å². The van der Waals surface area contributed by atoms with Gasteiger partial charge in [0, 0.05) is 0 Å². The van der Waals surface area contributed by atoms with Crippen molar-refractivity contribution in [1.29, 1.82) is 0 Å². The molecule has 0 aromatic carbocycles. The molecule has 0 aliphatic heterocycles. The van der Waals surface area contributed by atoms with Gasteiger partial charge < -0.3 is 10.2 Å². The molecule has 0 aliphatic carbocycles. The van der Waals surface area contributed by atoms with E-state index < -0.39 is 6.16 Å². The average molecular weight is 204 g/mol. The molecule has 6 heavy (non-hydrogen) atoms. The Morgan fingerprint density at radius 3 is 1.50 bits per heavy atom. The van der Waals surface area contributed by atoms with Crippen molar-refractivity contribution in [2.24, 2.45) is 0 Å². The van der Waals surface area contributed by atoms with Crippen LogP contribution in [0.1, 0.15) is 0 Å². The molecule has 4 heteroatoms. The summed E-state index contributed by atoms with van der Waals surface area (Å²) in [5.41, 5.74) is 0. The monoisotopic (exact) mass is 204 g/mol. The van der Waals surface area contributed by atoms with E-state index in [0.717, 1.165) is 0 Å². The van der Waals surface area contributed by atoms with E-state index >= 15 is 0 Å². The molecule has 0 saturated heterocycles. The van der Waals surface area contributed by atoms with Crippen molar-refractivity contribution in [2.75, 3.05) is 4.93 Å². The summed E-state index contributed by atoms with van der Waals surface area (Å²) in [4.78, 5) is 10.5. The summed E-state index contributed by atoms with van der Waals surface area (Å²) in [7, 11) is 0. The van der Waals surface area contributed by atoms with E-state index in [4.69, 9.17) is 15.0 Å². The Hall–Kier alpha value is 0. The molecule has 0 fully saturated rings. The Bertz CT molecular complexity index is 31.8. The molecule has 0 heterocycles. The number of hydrogen-bond donors (Lipinski definition) is 2. The summed E-state index contributed by atoms with van der Waals surface area (Å²) in [6, 6.07) is 0. The highest BCUT2D eigenvalue weighted by atomic mass is 127. The maximum absolute atomic E-state index is 8.56. The van der Waals surface area contributed by atoms with Crippen molar-refractivity contribution >= 4 is 28.7 Å². The average Bonchev–Trinajstić information content (AvgIpc) is 1.41. The summed E-state index contributed by atoms with van der Waals surface area (Å²) >= 11 is 2.15. The third kappa shape index (κ3) is 0. The first-order valence-corrected chi connectivity index (χ1v) is 3.19. The van der Waals surface area contributed by atoms with Gasteiger partial charge in [-0.25, -0.2) is 4.79 Å². The lowest BCUT2D eigenvalue weighted by atomic mass is 11.5. The van der Waals surface area contributed by atoms with E-state index in [2.05, 4.69) is 22.6 Å². The van der Waals surface area contributed by atoms with Gasteiger partial charge in [0.25, 0.3) is 0 Å². The lowest BCUT2D eigenvalue weighted by molar-refractivity contribution is 0.137. The van der Waals surface area contributed by atoms with Gasteiger partial charge in [0.05, 0.1) is 0 Å². The highest BCUT2D eigenvalue weighted by molar-refractivity contribution is 14.1. The molecule has 0 rings (SSSR count). The quantitative estimate of drug-likeness (QED) is 0.461. The van der Waals surface area contributed by atoms with Gasteiger partial charge in [0.2, 0.25) is 0 Å². The molecule has 0 unspecified atom stereocenters. The fraction of sp³-hybridized carbons (Fsp3) is 0.500. The Kier molecular flexibility index (Phi) is 13.9. The van der Waals surface area contributed by atoms with Crippen molar-refractivity contribution in [1.82, 2.24) is 0 Å². The van der Waals surface area contributed by atoms with Crippen molar-refractivity contribution in [3.8, 4) is 0 Å². The summed E-state index contributed by atoms with van der Waals surface area (Å²) < 4.78 is 0. The molecule has 38 valence electrons. The van der Waals surface area contributed by atoms with E-state index in [1.807, 2.05) is 4.93 Å². The fourth-order valence-corrected chi connectivity index (χ4v) is 0.